The molecule has 3 aromatic rings. The lowest BCUT2D eigenvalue weighted by atomic mass is 9.48. The van der Waals surface area contributed by atoms with Crippen molar-refractivity contribution in [1.82, 2.24) is 5.32 Å². The number of halogens is 2. The minimum atomic E-state index is -0.750. The van der Waals surface area contributed by atoms with Crippen LogP contribution in [0.2, 0.25) is 0 Å². The third-order valence-corrected chi connectivity index (χ3v) is 10.3. The average molecular weight is 677 g/mol. The molecule has 1 N–H and O–H groups in total. The normalized spacial score (nSPS) is 27.5. The number of carbonyl (C=O) groups is 3. The summed E-state index contributed by atoms with van der Waals surface area (Å²) in [6.07, 6.45) is 9.29. The summed E-state index contributed by atoms with van der Waals surface area (Å²) in [5.41, 5.74) is 3.16. The van der Waals surface area contributed by atoms with Crippen molar-refractivity contribution in [3.63, 3.8) is 0 Å². The highest BCUT2D eigenvalue weighted by Gasteiger charge is 2.51. The van der Waals surface area contributed by atoms with Crippen LogP contribution in [0.5, 0.6) is 5.75 Å². The van der Waals surface area contributed by atoms with E-state index in [9.17, 15) is 18.8 Å². The van der Waals surface area contributed by atoms with E-state index in [0.29, 0.717) is 22.6 Å². The minimum Gasteiger partial charge on any atom is -0.488 e. The molecule has 6 nitrogen and oxygen atoms in total. The van der Waals surface area contributed by atoms with Crippen LogP contribution in [0.1, 0.15) is 55.2 Å². The van der Waals surface area contributed by atoms with Gasteiger partial charge in [0.05, 0.1) is 9.26 Å². The molecule has 0 radical (unpaired) electrons. The number of anilines is 1. The number of ether oxygens (including phenoxy) is 1. The Morgan fingerprint density at radius 3 is 2.26 bits per heavy atom. The molecule has 5 aliphatic rings. The van der Waals surface area contributed by atoms with Gasteiger partial charge in [0.15, 0.2) is 0 Å². The Kier molecular flexibility index (Phi) is 6.91. The van der Waals surface area contributed by atoms with Gasteiger partial charge in [-0.1, -0.05) is 30.3 Å². The van der Waals surface area contributed by atoms with E-state index in [1.807, 2.05) is 12.1 Å². The number of benzene rings is 3. The number of rotatable bonds is 6. The zero-order chi connectivity index (χ0) is 29.0. The van der Waals surface area contributed by atoms with Gasteiger partial charge in [0.25, 0.3) is 11.8 Å². The number of amides is 4. The van der Waals surface area contributed by atoms with Gasteiger partial charge in [-0.3, -0.25) is 14.9 Å². The number of hydrogen-bond acceptors (Lipinski definition) is 4. The smallest absolute Gasteiger partial charge is 0.335 e. The van der Waals surface area contributed by atoms with Crippen molar-refractivity contribution in [1.29, 1.82) is 0 Å². The summed E-state index contributed by atoms with van der Waals surface area (Å²) < 4.78 is 20.1. The SMILES string of the molecule is O=C1NC(=O)N(c2ccc(C34CC5CC(CC(C5)C3)C4)cc2)C(=O)/C1=C/c1ccc(OCc2cccc(F)c2)c(I)c1. The second kappa shape index (κ2) is 10.6. The third-order valence-electron chi connectivity index (χ3n) is 9.43. The highest BCUT2D eigenvalue weighted by atomic mass is 127. The monoisotopic (exact) mass is 676 g/mol. The Labute approximate surface area is 257 Å². The lowest BCUT2D eigenvalue weighted by Crippen LogP contribution is -2.54. The maximum Gasteiger partial charge on any atom is 0.335 e. The fraction of sp³-hybridized carbons (Fsp3) is 0.324. The molecule has 1 aliphatic heterocycles. The quantitative estimate of drug-likeness (QED) is 0.171. The molecule has 214 valence electrons. The van der Waals surface area contributed by atoms with Crippen molar-refractivity contribution in [2.24, 2.45) is 17.8 Å². The van der Waals surface area contributed by atoms with Crippen LogP contribution in [-0.2, 0) is 21.6 Å². The van der Waals surface area contributed by atoms with Crippen molar-refractivity contribution < 1.29 is 23.5 Å². The van der Waals surface area contributed by atoms with Gasteiger partial charge < -0.3 is 4.74 Å². The molecule has 3 aromatic carbocycles. The fourth-order valence-corrected chi connectivity index (χ4v) is 8.69. The number of nitrogens with zero attached hydrogens (tertiary/aromatic N) is 1. The van der Waals surface area contributed by atoms with E-state index in [4.69, 9.17) is 4.74 Å². The van der Waals surface area contributed by atoms with Crippen molar-refractivity contribution in [3.8, 4) is 5.75 Å². The predicted molar refractivity (Wildman–Crippen MR) is 165 cm³/mol. The second-order valence-electron chi connectivity index (χ2n) is 12.3. The highest BCUT2D eigenvalue weighted by Crippen LogP contribution is 2.60. The molecule has 42 heavy (non-hydrogen) atoms. The zero-order valence-corrected chi connectivity index (χ0v) is 25.1. The molecule has 5 fully saturated rings. The van der Waals surface area contributed by atoms with E-state index < -0.39 is 17.8 Å². The van der Waals surface area contributed by atoms with Crippen LogP contribution in [-0.4, -0.2) is 17.8 Å². The van der Waals surface area contributed by atoms with E-state index in [0.717, 1.165) is 26.2 Å². The Balaban J connectivity index is 1.09. The van der Waals surface area contributed by atoms with E-state index >= 15 is 0 Å². The van der Waals surface area contributed by atoms with Crippen molar-refractivity contribution in [2.75, 3.05) is 4.90 Å². The number of hydrogen-bond donors (Lipinski definition) is 1. The van der Waals surface area contributed by atoms with E-state index in [1.54, 1.807) is 30.3 Å². The summed E-state index contributed by atoms with van der Waals surface area (Å²) in [6.45, 7) is 0.202. The molecule has 0 spiro atoms. The molecule has 0 aromatic heterocycles. The van der Waals surface area contributed by atoms with Crippen LogP contribution in [0, 0.1) is 27.1 Å². The summed E-state index contributed by atoms with van der Waals surface area (Å²) in [6, 6.07) is 18.6. The van der Waals surface area contributed by atoms with Crippen LogP contribution in [0.25, 0.3) is 6.08 Å². The summed E-state index contributed by atoms with van der Waals surface area (Å²) in [5, 5.41) is 2.32. The van der Waals surface area contributed by atoms with E-state index in [-0.39, 0.29) is 23.4 Å². The number of urea groups is 1. The Morgan fingerprint density at radius 1 is 0.929 bits per heavy atom. The van der Waals surface area contributed by atoms with Crippen LogP contribution < -0.4 is 15.0 Å². The molecular weight excluding hydrogens is 646 g/mol. The molecule has 4 saturated carbocycles. The number of imide groups is 2. The molecule has 4 amide bonds. The molecular formula is C34H30FIN2O4. The Bertz CT molecular complexity index is 1600. The molecule has 4 bridgehead atoms. The van der Waals surface area contributed by atoms with Crippen molar-refractivity contribution in [3.05, 3.63) is 98.4 Å². The highest BCUT2D eigenvalue weighted by molar-refractivity contribution is 14.1. The molecule has 1 saturated heterocycles. The summed E-state index contributed by atoms with van der Waals surface area (Å²) in [4.78, 5) is 40.1. The zero-order valence-electron chi connectivity index (χ0n) is 22.9. The third kappa shape index (κ3) is 5.03. The molecule has 8 heteroatoms. The predicted octanol–water partition coefficient (Wildman–Crippen LogP) is 7.14. The van der Waals surface area contributed by atoms with E-state index in [2.05, 4.69) is 40.0 Å². The van der Waals surface area contributed by atoms with Crippen LogP contribution in [0.3, 0.4) is 0 Å². The molecule has 0 atom stereocenters. The van der Waals surface area contributed by atoms with Crippen LogP contribution >= 0.6 is 22.6 Å². The van der Waals surface area contributed by atoms with Gasteiger partial charge in [0.1, 0.15) is 23.7 Å². The van der Waals surface area contributed by atoms with Gasteiger partial charge in [0, 0.05) is 0 Å². The van der Waals surface area contributed by atoms with Crippen molar-refractivity contribution >= 4 is 52.2 Å². The average Bonchev–Trinajstić information content (AvgIpc) is 2.94. The second-order valence-corrected chi connectivity index (χ2v) is 13.5. The lowest BCUT2D eigenvalue weighted by molar-refractivity contribution is -0.122. The summed E-state index contributed by atoms with van der Waals surface area (Å²) >= 11 is 2.11. The van der Waals surface area contributed by atoms with Gasteiger partial charge >= 0.3 is 6.03 Å². The summed E-state index contributed by atoms with van der Waals surface area (Å²) in [7, 11) is 0. The van der Waals surface area contributed by atoms with E-state index in [1.165, 1.54) is 62.3 Å². The minimum absolute atomic E-state index is 0.121. The first-order valence-corrected chi connectivity index (χ1v) is 15.5. The maximum atomic E-state index is 13.5. The molecule has 4 aliphatic carbocycles. The first kappa shape index (κ1) is 27.3. The standard InChI is InChI=1S/C34H30FIN2O4/c35-26-3-1-2-21(13-26)19-42-30-9-4-20(15-29(30)36)14-28-31(39)37-33(41)38(32(28)40)27-7-5-25(6-8-27)34-16-22-10-23(17-34)12-24(11-22)18-34/h1-9,13-15,22-24H,10-12,16-19H2,(H,37,39,41)/b28-14+. The van der Waals surface area contributed by atoms with Gasteiger partial charge in [0.2, 0.25) is 0 Å². The molecule has 8 rings (SSSR count). The van der Waals surface area contributed by atoms with Gasteiger partial charge in [-0.25, -0.2) is 14.1 Å². The topological polar surface area (TPSA) is 75.7 Å². The number of carbonyl (C=O) groups excluding carboxylic acids is 3. The fourth-order valence-electron chi connectivity index (χ4n) is 8.00. The van der Waals surface area contributed by atoms with Crippen LogP contribution in [0.15, 0.2) is 72.3 Å². The number of barbiturate groups is 1. The van der Waals surface area contributed by atoms with Gasteiger partial charge in [-0.15, -0.1) is 0 Å². The summed E-state index contributed by atoms with van der Waals surface area (Å²) in [5.74, 6) is 1.34. The first-order valence-electron chi connectivity index (χ1n) is 14.5. The molecule has 0 unspecified atom stereocenters. The Morgan fingerprint density at radius 2 is 1.62 bits per heavy atom. The molecule has 1 heterocycles. The number of nitrogens with one attached hydrogen (secondary N) is 1. The first-order chi connectivity index (χ1) is 20.3. The largest absolute Gasteiger partial charge is 0.488 e. The Hall–Kier alpha value is -3.53. The van der Waals surface area contributed by atoms with Gasteiger partial charge in [-0.2, -0.15) is 0 Å². The maximum absolute atomic E-state index is 13.5. The van der Waals surface area contributed by atoms with Gasteiger partial charge in [-0.05, 0) is 143 Å². The van der Waals surface area contributed by atoms with Crippen LogP contribution in [0.4, 0.5) is 14.9 Å². The lowest BCUT2D eigenvalue weighted by Gasteiger charge is -2.57. The van der Waals surface area contributed by atoms with Crippen molar-refractivity contribution in [2.45, 2.75) is 50.5 Å².